The summed E-state index contributed by atoms with van der Waals surface area (Å²) in [5, 5.41) is 0.0250. The summed E-state index contributed by atoms with van der Waals surface area (Å²) in [5.41, 5.74) is 3.29. The lowest BCUT2D eigenvalue weighted by Crippen LogP contribution is -2.57. The number of ether oxygens (including phenoxy) is 3. The molecule has 1 amide bonds. The maximum atomic E-state index is 13.6. The topological polar surface area (TPSA) is 97.4 Å². The summed E-state index contributed by atoms with van der Waals surface area (Å²) in [6.45, 7) is 9.13. The van der Waals surface area contributed by atoms with Crippen LogP contribution in [0, 0.1) is 23.7 Å². The minimum Gasteiger partial charge on any atom is -0.490 e. The van der Waals surface area contributed by atoms with E-state index in [4.69, 9.17) is 25.8 Å². The Morgan fingerprint density at radius 2 is 1.74 bits per heavy atom. The monoisotopic (exact) mass is 727 g/mol. The molecule has 2 bridgehead atoms. The van der Waals surface area contributed by atoms with Crippen molar-refractivity contribution in [2.45, 2.75) is 94.6 Å². The lowest BCUT2D eigenvalue weighted by atomic mass is 9.64. The van der Waals surface area contributed by atoms with Gasteiger partial charge in [-0.2, -0.15) is 0 Å². The van der Waals surface area contributed by atoms with Gasteiger partial charge in [0, 0.05) is 35.0 Å². The van der Waals surface area contributed by atoms with Gasteiger partial charge in [-0.05, 0) is 132 Å². The van der Waals surface area contributed by atoms with Gasteiger partial charge in [-0.3, -0.25) is 9.69 Å². The Morgan fingerprint density at radius 3 is 2.46 bits per heavy atom. The van der Waals surface area contributed by atoms with Gasteiger partial charge in [-0.25, -0.2) is 13.1 Å². The largest absolute Gasteiger partial charge is 0.490 e. The van der Waals surface area contributed by atoms with Gasteiger partial charge >= 0.3 is 0 Å². The van der Waals surface area contributed by atoms with E-state index < -0.39 is 21.2 Å². The molecule has 0 radical (unpaired) electrons. The zero-order valence-electron chi connectivity index (χ0n) is 30.3. The number of sulfonamides is 1. The maximum absolute atomic E-state index is 13.6. The highest BCUT2D eigenvalue weighted by Crippen LogP contribution is 2.49. The number of aryl methyl sites for hydroxylation is 1. The van der Waals surface area contributed by atoms with Crippen LogP contribution in [0.5, 0.6) is 5.75 Å². The standard InChI is InChI=1S/C39H54ClN3O6S/c1-25-8-6-10-32(37-48-22-38(3,23-49-37)42(4)5)31-14-11-29(31)20-43-21-39(17-7-9-27-18-30(40)13-15-33(27)39)24-47-35-16-12-28(19-34(35)43)36(44)41-50(45,46)26(25)2/h12-13,15-16,18-19,25-26,29,31-32,37H,6-11,14,17,20-24H2,1-5H3,(H,41,44)/t25-,26+,29-,31+,32-,37?,38?,39-/m0/s1. The van der Waals surface area contributed by atoms with Crippen molar-refractivity contribution in [1.82, 2.24) is 9.62 Å². The normalized spacial score (nSPS) is 36.0. The molecule has 50 heavy (non-hydrogen) atoms. The molecule has 2 aromatic carbocycles. The van der Waals surface area contributed by atoms with Crippen LogP contribution in [0.3, 0.4) is 0 Å². The minimum absolute atomic E-state index is 0.128. The summed E-state index contributed by atoms with van der Waals surface area (Å²) < 4.78 is 49.3. The molecular weight excluding hydrogens is 674 g/mol. The van der Waals surface area contributed by atoms with E-state index in [1.807, 2.05) is 25.1 Å². The van der Waals surface area contributed by atoms with Gasteiger partial charge in [0.05, 0.1) is 36.3 Å². The van der Waals surface area contributed by atoms with Crippen molar-refractivity contribution in [2.24, 2.45) is 23.7 Å². The van der Waals surface area contributed by atoms with Crippen molar-refractivity contribution in [3.63, 3.8) is 0 Å². The molecule has 3 aliphatic heterocycles. The molecule has 0 unspecified atom stereocenters. The molecule has 2 fully saturated rings. The number of benzene rings is 2. The van der Waals surface area contributed by atoms with E-state index in [-0.39, 0.29) is 29.1 Å². The van der Waals surface area contributed by atoms with Crippen LogP contribution in [0.15, 0.2) is 36.4 Å². The second-order valence-electron chi connectivity index (χ2n) is 16.4. The molecule has 9 nitrogen and oxygen atoms in total. The SMILES string of the molecule is C[C@@H]1[C@@H](C)CCC[C@H](C2OCC(C)(N(C)C)CO2)[C@@H]2CC[C@H]2CN2C[C@@]3(CCCc4cc(Cl)ccc43)COc3ccc(cc32)C(=O)NS1(=O)=O. The molecule has 7 rings (SSSR count). The molecule has 274 valence electrons. The van der Waals surface area contributed by atoms with Gasteiger partial charge in [0.2, 0.25) is 10.0 Å². The molecule has 1 saturated heterocycles. The molecule has 1 saturated carbocycles. The van der Waals surface area contributed by atoms with E-state index in [9.17, 15) is 13.2 Å². The Hall–Kier alpha value is -2.37. The van der Waals surface area contributed by atoms with E-state index in [1.54, 1.807) is 13.0 Å². The van der Waals surface area contributed by atoms with E-state index in [2.05, 4.69) is 47.7 Å². The molecule has 3 heterocycles. The fraction of sp³-hybridized carbons (Fsp3) is 0.667. The summed E-state index contributed by atoms with van der Waals surface area (Å²) in [4.78, 5) is 18.2. The lowest BCUT2D eigenvalue weighted by molar-refractivity contribution is -0.260. The Morgan fingerprint density at radius 1 is 0.960 bits per heavy atom. The third-order valence-corrected chi connectivity index (χ3v) is 15.2. The van der Waals surface area contributed by atoms with Gasteiger partial charge in [-0.15, -0.1) is 0 Å². The summed E-state index contributed by atoms with van der Waals surface area (Å²) in [6.07, 6.45) is 7.44. The number of rotatable bonds is 2. The maximum Gasteiger partial charge on any atom is 0.264 e. The van der Waals surface area contributed by atoms with Gasteiger partial charge in [0.25, 0.3) is 5.91 Å². The molecule has 2 aliphatic carbocycles. The van der Waals surface area contributed by atoms with Crippen molar-refractivity contribution in [3.05, 3.63) is 58.1 Å². The summed E-state index contributed by atoms with van der Waals surface area (Å²) in [7, 11) is 0.230. The lowest BCUT2D eigenvalue weighted by Gasteiger charge is -2.50. The van der Waals surface area contributed by atoms with Gasteiger partial charge in [0.1, 0.15) is 5.75 Å². The highest BCUT2D eigenvalue weighted by molar-refractivity contribution is 7.90. The van der Waals surface area contributed by atoms with E-state index >= 15 is 0 Å². The number of hydrogen-bond donors (Lipinski definition) is 1. The number of anilines is 1. The average Bonchev–Trinajstić information content (AvgIpc) is 3.22. The molecule has 0 aromatic heterocycles. The van der Waals surface area contributed by atoms with Crippen LogP contribution < -0.4 is 14.4 Å². The number of carbonyl (C=O) groups excluding carboxylic acids is 1. The first-order chi connectivity index (χ1) is 23.8. The Labute approximate surface area is 303 Å². The number of hydrogen-bond acceptors (Lipinski definition) is 8. The summed E-state index contributed by atoms with van der Waals surface area (Å²) in [6, 6.07) is 11.6. The van der Waals surface area contributed by atoms with Gasteiger partial charge in [-0.1, -0.05) is 31.0 Å². The molecule has 1 spiro atoms. The van der Waals surface area contributed by atoms with Crippen LogP contribution in [-0.4, -0.2) is 83.3 Å². The Balaban J connectivity index is 1.27. The number of nitrogens with one attached hydrogen (secondary N) is 1. The van der Waals surface area contributed by atoms with E-state index in [0.717, 1.165) is 80.9 Å². The zero-order chi connectivity index (χ0) is 35.4. The highest BCUT2D eigenvalue weighted by Gasteiger charge is 2.48. The van der Waals surface area contributed by atoms with Crippen LogP contribution in [0.1, 0.15) is 87.2 Å². The first kappa shape index (κ1) is 36.0. The summed E-state index contributed by atoms with van der Waals surface area (Å²) in [5.74, 6) is 1.01. The van der Waals surface area contributed by atoms with Crippen LogP contribution in [0.25, 0.3) is 0 Å². The quantitative estimate of drug-likeness (QED) is 0.379. The molecule has 2 aromatic rings. The predicted octanol–water partition coefficient (Wildman–Crippen LogP) is 6.42. The zero-order valence-corrected chi connectivity index (χ0v) is 31.8. The van der Waals surface area contributed by atoms with Crippen LogP contribution in [0.4, 0.5) is 5.69 Å². The van der Waals surface area contributed by atoms with Crippen molar-refractivity contribution in [1.29, 1.82) is 0 Å². The number of fused-ring (bicyclic) bond motifs is 4. The molecule has 1 N–H and O–H groups in total. The fourth-order valence-electron chi connectivity index (χ4n) is 9.09. The highest BCUT2D eigenvalue weighted by atomic mass is 35.5. The van der Waals surface area contributed by atoms with E-state index in [1.165, 1.54) is 11.1 Å². The minimum atomic E-state index is -3.91. The third-order valence-electron chi connectivity index (χ3n) is 13.0. The number of halogens is 1. The van der Waals surface area contributed by atoms with Crippen LogP contribution in [-0.2, 0) is 31.3 Å². The fourth-order valence-corrected chi connectivity index (χ4v) is 10.6. The number of carbonyl (C=O) groups is 1. The van der Waals surface area contributed by atoms with Crippen molar-refractivity contribution in [3.8, 4) is 5.75 Å². The molecule has 11 heteroatoms. The Bertz CT molecular complexity index is 1690. The average molecular weight is 728 g/mol. The van der Waals surface area contributed by atoms with Crippen molar-refractivity contribution in [2.75, 3.05) is 51.9 Å². The smallest absolute Gasteiger partial charge is 0.264 e. The summed E-state index contributed by atoms with van der Waals surface area (Å²) >= 11 is 6.48. The van der Waals surface area contributed by atoms with Gasteiger partial charge < -0.3 is 19.1 Å². The third kappa shape index (κ3) is 6.80. The first-order valence-electron chi connectivity index (χ1n) is 18.6. The molecular formula is C39H54ClN3O6S. The van der Waals surface area contributed by atoms with Crippen LogP contribution >= 0.6 is 11.6 Å². The molecule has 6 atom stereocenters. The van der Waals surface area contributed by atoms with E-state index in [0.29, 0.717) is 37.2 Å². The first-order valence-corrected chi connectivity index (χ1v) is 20.5. The van der Waals surface area contributed by atoms with Crippen LogP contribution in [0.2, 0.25) is 5.02 Å². The molecule has 5 aliphatic rings. The number of amides is 1. The number of likely N-dealkylation sites (N-methyl/N-ethyl adjacent to an activating group) is 1. The van der Waals surface area contributed by atoms with Gasteiger partial charge in [0.15, 0.2) is 6.29 Å². The second-order valence-corrected chi connectivity index (χ2v) is 18.9. The Kier molecular flexibility index (Phi) is 10.00. The second kappa shape index (κ2) is 13.9. The van der Waals surface area contributed by atoms with Crippen molar-refractivity contribution < 1.29 is 27.4 Å². The number of nitrogens with zero attached hydrogens (tertiary/aromatic N) is 2. The van der Waals surface area contributed by atoms with Crippen molar-refractivity contribution >= 4 is 33.2 Å². The predicted molar refractivity (Wildman–Crippen MR) is 197 cm³/mol.